The first-order valence-corrected chi connectivity index (χ1v) is 14.4. The quantitative estimate of drug-likeness (QED) is 0.207. The number of likely N-dealkylation sites (N-methyl/N-ethyl adjacent to an activating group) is 1. The van der Waals surface area contributed by atoms with Crippen molar-refractivity contribution >= 4 is 47.1 Å². The van der Waals surface area contributed by atoms with Gasteiger partial charge in [0.1, 0.15) is 23.7 Å². The molecule has 0 N–H and O–H groups in total. The van der Waals surface area contributed by atoms with Crippen LogP contribution in [-0.2, 0) is 13.0 Å². The smallest absolute Gasteiger partial charge is 0.185 e. The Bertz CT molecular complexity index is 1680. The summed E-state index contributed by atoms with van der Waals surface area (Å²) in [6.07, 6.45) is 5.80. The second-order valence-corrected chi connectivity index (χ2v) is 11.3. The van der Waals surface area contributed by atoms with E-state index in [1.807, 2.05) is 63.4 Å². The Morgan fingerprint density at radius 2 is 1.81 bits per heavy atom. The van der Waals surface area contributed by atoms with Crippen molar-refractivity contribution in [2.75, 3.05) is 46.4 Å². The van der Waals surface area contributed by atoms with E-state index >= 15 is 0 Å². The molecule has 1 aliphatic heterocycles. The molecule has 12 heteroatoms. The molecule has 1 aliphatic rings. The molecule has 5 aromatic rings. The fourth-order valence-electron chi connectivity index (χ4n) is 5.56. The van der Waals surface area contributed by atoms with Crippen molar-refractivity contribution < 1.29 is 9.53 Å². The summed E-state index contributed by atoms with van der Waals surface area (Å²) in [5.41, 5.74) is 5.09. The number of fused-ring (bicyclic) bond motifs is 2. The van der Waals surface area contributed by atoms with Crippen LogP contribution in [0.3, 0.4) is 0 Å². The lowest BCUT2D eigenvalue weighted by atomic mass is 10.0. The van der Waals surface area contributed by atoms with Gasteiger partial charge in [0.25, 0.3) is 0 Å². The van der Waals surface area contributed by atoms with Gasteiger partial charge in [0.05, 0.1) is 29.6 Å². The summed E-state index contributed by atoms with van der Waals surface area (Å²) in [7, 11) is 2.16. The highest BCUT2D eigenvalue weighted by atomic mass is 35.5. The molecule has 1 saturated heterocycles. The summed E-state index contributed by atoms with van der Waals surface area (Å²) in [4.78, 5) is 22.8. The largest absolute Gasteiger partial charge is 0.492 e. The van der Waals surface area contributed by atoms with E-state index in [-0.39, 0.29) is 37.0 Å². The third-order valence-electron chi connectivity index (χ3n) is 7.94. The van der Waals surface area contributed by atoms with Gasteiger partial charge in [-0.05, 0) is 51.6 Å². The number of aromatic nitrogens is 6. The number of pyridine rings is 1. The van der Waals surface area contributed by atoms with E-state index in [9.17, 15) is 4.79 Å². The molecule has 1 aromatic carbocycles. The highest BCUT2D eigenvalue weighted by Crippen LogP contribution is 2.25. The molecule has 0 bridgehead atoms. The Kier molecular flexibility index (Phi) is 10.5. The number of piperazine rings is 1. The van der Waals surface area contributed by atoms with E-state index in [1.165, 1.54) is 0 Å². The molecule has 0 amide bonds. The Balaban J connectivity index is 0.00000212. The lowest BCUT2D eigenvalue weighted by Crippen LogP contribution is -2.45. The van der Waals surface area contributed by atoms with Crippen molar-refractivity contribution in [1.82, 2.24) is 38.7 Å². The van der Waals surface area contributed by atoms with Crippen LogP contribution < -0.4 is 4.74 Å². The molecule has 0 radical (unpaired) electrons. The monoisotopic (exact) mass is 626 g/mol. The zero-order valence-corrected chi connectivity index (χ0v) is 26.8. The Hall–Kier alpha value is -3.44. The highest BCUT2D eigenvalue weighted by molar-refractivity contribution is 5.99. The number of ether oxygens (including phenoxy) is 1. The van der Waals surface area contributed by atoms with Gasteiger partial charge in [-0.1, -0.05) is 12.1 Å². The number of benzene rings is 1. The molecule has 0 aliphatic carbocycles. The number of halogens is 2. The number of nitrogens with zero attached hydrogens (tertiary/aromatic N) is 8. The van der Waals surface area contributed by atoms with Crippen molar-refractivity contribution in [3.8, 4) is 5.75 Å². The molecule has 230 valence electrons. The molecular weight excluding hydrogens is 587 g/mol. The van der Waals surface area contributed by atoms with Gasteiger partial charge < -0.3 is 9.64 Å². The van der Waals surface area contributed by atoms with Crippen molar-refractivity contribution in [3.05, 3.63) is 77.6 Å². The number of carbonyl (C=O) groups is 1. The number of Topliss-reactive ketones (excluding diaryl/α,β-unsaturated/α-hetero) is 1. The molecule has 0 atom stereocenters. The number of imidazole rings is 1. The Morgan fingerprint density at radius 1 is 1.02 bits per heavy atom. The van der Waals surface area contributed by atoms with E-state index in [4.69, 9.17) is 9.84 Å². The topological polar surface area (TPSA) is 85.7 Å². The summed E-state index contributed by atoms with van der Waals surface area (Å²) in [5.74, 6) is 0.777. The van der Waals surface area contributed by atoms with Gasteiger partial charge in [-0.3, -0.25) is 23.5 Å². The van der Waals surface area contributed by atoms with Gasteiger partial charge in [-0.25, -0.2) is 4.98 Å². The minimum Gasteiger partial charge on any atom is -0.492 e. The van der Waals surface area contributed by atoms with E-state index < -0.39 is 0 Å². The van der Waals surface area contributed by atoms with Crippen LogP contribution in [0.15, 0.2) is 55.0 Å². The number of carbonyl (C=O) groups excluding carboxylic acids is 1. The third-order valence-corrected chi connectivity index (χ3v) is 7.94. The van der Waals surface area contributed by atoms with Crippen LogP contribution >= 0.6 is 24.8 Å². The standard InChI is InChI=1S/C31H38N8O2.2ClH/c1-22(2)38-11-8-25(34-38)21-39-27-7-5-6-24(31(27)23(3)33-39)18-29(40)28-20-32-30-19-26(9-10-37(28)30)41-17-16-36-14-12-35(4)13-15-36;;/h5-11,19-20,22H,12-18,21H2,1-4H3;2*1H. The minimum atomic E-state index is 0. The normalized spacial score (nSPS) is 14.3. The van der Waals surface area contributed by atoms with Gasteiger partial charge in [0.2, 0.25) is 0 Å². The molecule has 43 heavy (non-hydrogen) atoms. The second kappa shape index (κ2) is 13.9. The second-order valence-electron chi connectivity index (χ2n) is 11.3. The molecule has 0 saturated carbocycles. The molecule has 6 rings (SSSR count). The number of hydrogen-bond acceptors (Lipinski definition) is 7. The number of rotatable bonds is 10. The van der Waals surface area contributed by atoms with Crippen molar-refractivity contribution in [2.24, 2.45) is 0 Å². The van der Waals surface area contributed by atoms with Crippen LogP contribution in [0.1, 0.15) is 47.3 Å². The fourth-order valence-corrected chi connectivity index (χ4v) is 5.56. The summed E-state index contributed by atoms with van der Waals surface area (Å²) in [6.45, 7) is 12.7. The third kappa shape index (κ3) is 7.04. The summed E-state index contributed by atoms with van der Waals surface area (Å²) >= 11 is 0. The maximum Gasteiger partial charge on any atom is 0.185 e. The molecule has 0 spiro atoms. The molecule has 0 unspecified atom stereocenters. The first-order valence-electron chi connectivity index (χ1n) is 14.4. The average Bonchev–Trinajstić information content (AvgIpc) is 3.68. The van der Waals surface area contributed by atoms with E-state index in [0.29, 0.717) is 30.5 Å². The SMILES string of the molecule is Cc1nn(Cc2ccn(C(C)C)n2)c2cccc(CC(=O)c3cnc4cc(OCCN5CCN(C)CC5)ccn34)c12.Cl.Cl. The summed E-state index contributed by atoms with van der Waals surface area (Å²) in [5, 5.41) is 10.5. The Labute approximate surface area is 264 Å². The first kappa shape index (κ1) is 32.5. The molecule has 10 nitrogen and oxygen atoms in total. The van der Waals surface area contributed by atoms with Gasteiger partial charge in [-0.15, -0.1) is 24.8 Å². The van der Waals surface area contributed by atoms with Crippen LogP contribution in [0.4, 0.5) is 0 Å². The van der Waals surface area contributed by atoms with Crippen LogP contribution in [0.5, 0.6) is 5.75 Å². The van der Waals surface area contributed by atoms with E-state index in [2.05, 4.69) is 46.8 Å². The van der Waals surface area contributed by atoms with Crippen molar-refractivity contribution in [2.45, 2.75) is 39.8 Å². The van der Waals surface area contributed by atoms with E-state index in [0.717, 1.165) is 66.3 Å². The van der Waals surface area contributed by atoms with Crippen LogP contribution in [0.2, 0.25) is 0 Å². The van der Waals surface area contributed by atoms with Crippen LogP contribution in [0.25, 0.3) is 16.6 Å². The zero-order valence-electron chi connectivity index (χ0n) is 25.1. The fraction of sp³-hybridized carbons (Fsp3) is 0.419. The first-order chi connectivity index (χ1) is 19.9. The van der Waals surface area contributed by atoms with Gasteiger partial charge in [-0.2, -0.15) is 10.2 Å². The lowest BCUT2D eigenvalue weighted by molar-refractivity contribution is 0.0987. The molecule has 1 fully saturated rings. The molecule has 5 heterocycles. The van der Waals surface area contributed by atoms with E-state index in [1.54, 1.807) is 6.20 Å². The minimum absolute atomic E-state index is 0. The maximum atomic E-state index is 13.5. The molecule has 4 aromatic heterocycles. The summed E-state index contributed by atoms with van der Waals surface area (Å²) in [6, 6.07) is 12.2. The van der Waals surface area contributed by atoms with Crippen LogP contribution in [-0.4, -0.2) is 90.9 Å². The predicted octanol–water partition coefficient (Wildman–Crippen LogP) is 4.71. The molecular formula is C31H40Cl2N8O2. The van der Waals surface area contributed by atoms with Crippen molar-refractivity contribution in [3.63, 3.8) is 0 Å². The van der Waals surface area contributed by atoms with Crippen molar-refractivity contribution in [1.29, 1.82) is 0 Å². The average molecular weight is 628 g/mol. The highest BCUT2D eigenvalue weighted by Gasteiger charge is 2.19. The number of ketones is 1. The Morgan fingerprint density at radius 3 is 2.56 bits per heavy atom. The zero-order chi connectivity index (χ0) is 28.5. The lowest BCUT2D eigenvalue weighted by Gasteiger charge is -2.32. The van der Waals surface area contributed by atoms with Gasteiger partial charge >= 0.3 is 0 Å². The maximum absolute atomic E-state index is 13.5. The van der Waals surface area contributed by atoms with Gasteiger partial charge in [0, 0.05) is 69.0 Å². The number of hydrogen-bond donors (Lipinski definition) is 0. The van der Waals surface area contributed by atoms with Crippen LogP contribution in [0, 0.1) is 6.92 Å². The predicted molar refractivity (Wildman–Crippen MR) is 173 cm³/mol. The van der Waals surface area contributed by atoms with Gasteiger partial charge in [0.15, 0.2) is 5.78 Å². The number of aryl methyl sites for hydroxylation is 1. The summed E-state index contributed by atoms with van der Waals surface area (Å²) < 4.78 is 11.8.